The molecule has 0 atom stereocenters. The van der Waals surface area contributed by atoms with Crippen molar-refractivity contribution in [2.45, 2.75) is 16.7 Å². The second kappa shape index (κ2) is 12.8. The fraction of sp³-hybridized carbons (Fsp3) is 0.167. The van der Waals surface area contributed by atoms with Gasteiger partial charge in [0.2, 0.25) is 5.91 Å². The topological polar surface area (TPSA) is 140 Å². The van der Waals surface area contributed by atoms with Crippen LogP contribution < -0.4 is 28.6 Å². The molecule has 4 aromatic carbocycles. The summed E-state index contributed by atoms with van der Waals surface area (Å²) in [6.07, 6.45) is 0. The molecule has 2 N–H and O–H groups in total. The molecule has 1 amide bonds. The van der Waals surface area contributed by atoms with Gasteiger partial charge in [-0.3, -0.25) is 13.8 Å². The van der Waals surface area contributed by atoms with E-state index >= 15 is 0 Å². The molecular weight excluding hydrogens is 613 g/mol. The number of carbonyl (C=O) groups excluding carboxylic acids is 1. The molecule has 0 radical (unpaired) electrons. The molecule has 0 spiro atoms. The number of nitrogens with one attached hydrogen (secondary N) is 2. The number of halogens is 1. The van der Waals surface area contributed by atoms with Crippen molar-refractivity contribution in [1.82, 2.24) is 0 Å². The molecule has 230 valence electrons. The van der Waals surface area contributed by atoms with Crippen LogP contribution in [0.5, 0.6) is 17.2 Å². The highest BCUT2D eigenvalue weighted by molar-refractivity contribution is 7.93. The van der Waals surface area contributed by atoms with Crippen molar-refractivity contribution in [2.24, 2.45) is 0 Å². The third-order valence-corrected chi connectivity index (χ3v) is 9.54. The molecular formula is C30H28FN3O8S2. The van der Waals surface area contributed by atoms with Gasteiger partial charge in [-0.15, -0.1) is 0 Å². The Morgan fingerprint density at radius 2 is 1.43 bits per heavy atom. The Balaban J connectivity index is 1.32. The van der Waals surface area contributed by atoms with Crippen molar-refractivity contribution in [3.63, 3.8) is 0 Å². The van der Waals surface area contributed by atoms with Crippen molar-refractivity contribution < 1.29 is 40.2 Å². The molecule has 14 heteroatoms. The van der Waals surface area contributed by atoms with Crippen LogP contribution in [0.1, 0.15) is 6.92 Å². The Morgan fingerprint density at radius 3 is 2.09 bits per heavy atom. The number of nitrogens with zero attached hydrogens (tertiary/aromatic N) is 1. The van der Waals surface area contributed by atoms with Gasteiger partial charge in [0.05, 0.1) is 22.1 Å². The number of anilines is 3. The first-order valence-electron chi connectivity index (χ1n) is 13.4. The highest BCUT2D eigenvalue weighted by atomic mass is 32.2. The smallest absolute Gasteiger partial charge is 0.264 e. The van der Waals surface area contributed by atoms with Crippen LogP contribution >= 0.6 is 0 Å². The maximum atomic E-state index is 13.7. The Kier molecular flexibility index (Phi) is 8.92. The van der Waals surface area contributed by atoms with E-state index in [-0.39, 0.29) is 33.5 Å². The molecule has 1 aliphatic rings. The lowest BCUT2D eigenvalue weighted by Crippen LogP contribution is -2.38. The van der Waals surface area contributed by atoms with Gasteiger partial charge in [0.1, 0.15) is 31.3 Å². The van der Waals surface area contributed by atoms with Crippen LogP contribution in [0.25, 0.3) is 0 Å². The van der Waals surface area contributed by atoms with Gasteiger partial charge in [-0.25, -0.2) is 21.2 Å². The number of carbonyl (C=O) groups is 1. The largest absolute Gasteiger partial charge is 0.494 e. The minimum Gasteiger partial charge on any atom is -0.494 e. The molecule has 0 saturated carbocycles. The zero-order valence-corrected chi connectivity index (χ0v) is 25.0. The lowest BCUT2D eigenvalue weighted by Gasteiger charge is -2.25. The molecule has 0 saturated heterocycles. The highest BCUT2D eigenvalue weighted by Gasteiger charge is 2.29. The standard InChI is InChI=1S/C30H28FN3O8S2/c1-2-40-25-11-5-23(6-12-25)33-43(36,37)26-13-7-22(8-14-26)32-30(35)20-34(24-9-3-21(31)4-10-24)44(38,39)27-15-16-28-29(19-27)42-18-17-41-28/h3-16,19,33H,2,17-18,20H2,1H3,(H,32,35). The quantitative estimate of drug-likeness (QED) is 0.242. The van der Waals surface area contributed by atoms with E-state index in [1.54, 1.807) is 24.3 Å². The molecule has 0 aromatic heterocycles. The summed E-state index contributed by atoms with van der Waals surface area (Å²) in [5.74, 6) is -0.0672. The molecule has 11 nitrogen and oxygen atoms in total. The zero-order valence-electron chi connectivity index (χ0n) is 23.4. The SMILES string of the molecule is CCOc1ccc(NS(=O)(=O)c2ccc(NC(=O)CN(c3ccc(F)cc3)S(=O)(=O)c3ccc4c(c3)OCCO4)cc2)cc1. The number of rotatable bonds is 11. The Labute approximate surface area is 254 Å². The minimum absolute atomic E-state index is 0.0539. The molecule has 0 fully saturated rings. The normalized spacial score (nSPS) is 12.7. The molecule has 44 heavy (non-hydrogen) atoms. The lowest BCUT2D eigenvalue weighted by atomic mass is 10.3. The van der Waals surface area contributed by atoms with E-state index in [1.165, 1.54) is 54.6 Å². The van der Waals surface area contributed by atoms with Gasteiger partial charge < -0.3 is 19.5 Å². The zero-order chi connectivity index (χ0) is 31.3. The minimum atomic E-state index is -4.33. The van der Waals surface area contributed by atoms with Crippen LogP contribution in [0, 0.1) is 5.82 Å². The number of amides is 1. The first-order valence-corrected chi connectivity index (χ1v) is 16.3. The van der Waals surface area contributed by atoms with Crippen LogP contribution in [0.4, 0.5) is 21.5 Å². The van der Waals surface area contributed by atoms with Crippen molar-refractivity contribution >= 4 is 43.0 Å². The van der Waals surface area contributed by atoms with E-state index in [2.05, 4.69) is 10.0 Å². The van der Waals surface area contributed by atoms with Crippen LogP contribution in [0.2, 0.25) is 0 Å². The lowest BCUT2D eigenvalue weighted by molar-refractivity contribution is -0.114. The predicted molar refractivity (Wildman–Crippen MR) is 162 cm³/mol. The third-order valence-electron chi connectivity index (χ3n) is 6.37. The fourth-order valence-electron chi connectivity index (χ4n) is 4.28. The Hall–Kier alpha value is -4.82. The Morgan fingerprint density at radius 1 is 0.818 bits per heavy atom. The summed E-state index contributed by atoms with van der Waals surface area (Å²) in [6.45, 7) is 2.23. The second-order valence-corrected chi connectivity index (χ2v) is 13.0. The van der Waals surface area contributed by atoms with E-state index in [9.17, 15) is 26.0 Å². The van der Waals surface area contributed by atoms with Crippen LogP contribution in [-0.4, -0.2) is 49.1 Å². The van der Waals surface area contributed by atoms with Crippen molar-refractivity contribution in [3.05, 3.63) is 96.8 Å². The summed E-state index contributed by atoms with van der Waals surface area (Å²) in [5, 5.41) is 2.58. The third kappa shape index (κ3) is 7.03. The average Bonchev–Trinajstić information content (AvgIpc) is 3.01. The molecule has 4 aromatic rings. The number of sulfonamides is 2. The predicted octanol–water partition coefficient (Wildman–Crippen LogP) is 4.63. The summed E-state index contributed by atoms with van der Waals surface area (Å²) >= 11 is 0. The van der Waals surface area contributed by atoms with E-state index in [0.29, 0.717) is 30.4 Å². The summed E-state index contributed by atoms with van der Waals surface area (Å²) in [7, 11) is -8.27. The van der Waals surface area contributed by atoms with E-state index in [4.69, 9.17) is 14.2 Å². The van der Waals surface area contributed by atoms with Gasteiger partial charge in [-0.2, -0.15) is 0 Å². The average molecular weight is 642 g/mol. The number of hydrogen-bond donors (Lipinski definition) is 2. The highest BCUT2D eigenvalue weighted by Crippen LogP contribution is 2.34. The monoisotopic (exact) mass is 641 g/mol. The number of ether oxygens (including phenoxy) is 3. The molecule has 5 rings (SSSR count). The first kappa shape index (κ1) is 30.6. The number of hydrogen-bond acceptors (Lipinski definition) is 8. The van der Waals surface area contributed by atoms with Crippen LogP contribution in [0.3, 0.4) is 0 Å². The molecule has 0 bridgehead atoms. The summed E-state index contributed by atoms with van der Waals surface area (Å²) in [4.78, 5) is 12.9. The maximum absolute atomic E-state index is 13.7. The second-order valence-electron chi connectivity index (χ2n) is 9.43. The van der Waals surface area contributed by atoms with Crippen molar-refractivity contribution in [2.75, 3.05) is 40.7 Å². The maximum Gasteiger partial charge on any atom is 0.264 e. The number of fused-ring (bicyclic) bond motifs is 1. The molecule has 0 unspecified atom stereocenters. The van der Waals surface area contributed by atoms with Gasteiger partial charge in [-0.1, -0.05) is 0 Å². The number of benzene rings is 4. The van der Waals surface area contributed by atoms with Gasteiger partial charge >= 0.3 is 0 Å². The van der Waals surface area contributed by atoms with Gasteiger partial charge in [0, 0.05) is 17.4 Å². The van der Waals surface area contributed by atoms with Gasteiger partial charge in [0.25, 0.3) is 20.0 Å². The van der Waals surface area contributed by atoms with Gasteiger partial charge in [-0.05, 0) is 91.9 Å². The van der Waals surface area contributed by atoms with E-state index in [0.717, 1.165) is 16.4 Å². The fourth-order valence-corrected chi connectivity index (χ4v) is 6.78. The molecule has 1 aliphatic heterocycles. The summed E-state index contributed by atoms with van der Waals surface area (Å²) in [5.41, 5.74) is 0.620. The summed E-state index contributed by atoms with van der Waals surface area (Å²) in [6, 6.07) is 20.5. The van der Waals surface area contributed by atoms with Crippen LogP contribution in [0.15, 0.2) is 101 Å². The summed E-state index contributed by atoms with van der Waals surface area (Å²) < 4.78 is 86.5. The molecule has 1 heterocycles. The molecule has 0 aliphatic carbocycles. The van der Waals surface area contributed by atoms with Crippen molar-refractivity contribution in [1.29, 1.82) is 0 Å². The van der Waals surface area contributed by atoms with Crippen molar-refractivity contribution in [3.8, 4) is 17.2 Å². The van der Waals surface area contributed by atoms with Crippen LogP contribution in [-0.2, 0) is 24.8 Å². The van der Waals surface area contributed by atoms with E-state index < -0.39 is 38.3 Å². The Bertz CT molecular complexity index is 1850. The van der Waals surface area contributed by atoms with E-state index in [1.807, 2.05) is 6.92 Å². The van der Waals surface area contributed by atoms with Gasteiger partial charge in [0.15, 0.2) is 11.5 Å². The first-order chi connectivity index (χ1) is 21.0.